The highest BCUT2D eigenvalue weighted by molar-refractivity contribution is 5.98. The monoisotopic (exact) mass is 381 g/mol. The summed E-state index contributed by atoms with van der Waals surface area (Å²) in [4.78, 5) is 38.1. The van der Waals surface area contributed by atoms with Gasteiger partial charge in [0.05, 0.1) is 18.3 Å². The number of hydrogen-bond acceptors (Lipinski definition) is 5. The Balaban J connectivity index is 1.53. The summed E-state index contributed by atoms with van der Waals surface area (Å²) in [5.41, 5.74) is 2.18. The number of methoxy groups -OCH3 is 1. The number of fused-ring (bicyclic) bond motifs is 1. The van der Waals surface area contributed by atoms with Crippen molar-refractivity contribution >= 4 is 34.3 Å². The molecular formula is C20H19N3O5. The second kappa shape index (κ2) is 7.22. The molecule has 0 radical (unpaired) electrons. The summed E-state index contributed by atoms with van der Waals surface area (Å²) in [5.74, 6) is -0.405. The minimum atomic E-state index is -0.586. The molecule has 0 spiro atoms. The van der Waals surface area contributed by atoms with Gasteiger partial charge in [-0.2, -0.15) is 0 Å². The first-order valence-electron chi connectivity index (χ1n) is 8.93. The van der Waals surface area contributed by atoms with E-state index in [0.29, 0.717) is 41.2 Å². The predicted molar refractivity (Wildman–Crippen MR) is 104 cm³/mol. The van der Waals surface area contributed by atoms with Gasteiger partial charge in [-0.3, -0.25) is 14.2 Å². The summed E-state index contributed by atoms with van der Waals surface area (Å²) >= 11 is 0. The second-order valence-electron chi connectivity index (χ2n) is 6.51. The van der Waals surface area contributed by atoms with Gasteiger partial charge in [-0.1, -0.05) is 12.1 Å². The lowest BCUT2D eigenvalue weighted by atomic mass is 10.2. The van der Waals surface area contributed by atoms with E-state index in [4.69, 9.17) is 9.15 Å². The van der Waals surface area contributed by atoms with Crippen LogP contribution in [-0.2, 0) is 16.1 Å². The molecule has 1 aliphatic rings. The molecule has 4 rings (SSSR count). The number of amides is 2. The molecule has 1 fully saturated rings. The number of ether oxygens (including phenoxy) is 1. The number of carbonyl (C=O) groups is 2. The largest absolute Gasteiger partial charge is 0.494 e. The van der Waals surface area contributed by atoms with E-state index < -0.39 is 5.76 Å². The minimum absolute atomic E-state index is 0.0568. The van der Waals surface area contributed by atoms with E-state index in [1.165, 1.54) is 11.7 Å². The molecule has 0 atom stereocenters. The third-order valence-corrected chi connectivity index (χ3v) is 4.70. The molecule has 8 nitrogen and oxygen atoms in total. The zero-order chi connectivity index (χ0) is 19.7. The van der Waals surface area contributed by atoms with Crippen LogP contribution in [0, 0.1) is 0 Å². The van der Waals surface area contributed by atoms with Crippen LogP contribution in [0.25, 0.3) is 11.1 Å². The third kappa shape index (κ3) is 3.24. The molecular weight excluding hydrogens is 362 g/mol. The van der Waals surface area contributed by atoms with E-state index in [1.54, 1.807) is 47.4 Å². The number of hydrogen-bond donors (Lipinski definition) is 1. The van der Waals surface area contributed by atoms with E-state index in [0.717, 1.165) is 6.42 Å². The minimum Gasteiger partial charge on any atom is -0.494 e. The number of nitrogens with one attached hydrogen (secondary N) is 1. The van der Waals surface area contributed by atoms with Crippen molar-refractivity contribution < 1.29 is 18.7 Å². The van der Waals surface area contributed by atoms with E-state index >= 15 is 0 Å². The van der Waals surface area contributed by atoms with E-state index in [1.807, 2.05) is 0 Å². The van der Waals surface area contributed by atoms with Gasteiger partial charge in [0.25, 0.3) is 0 Å². The van der Waals surface area contributed by atoms with Gasteiger partial charge in [-0.05, 0) is 30.7 Å². The number of para-hydroxylation sites is 2. The zero-order valence-electron chi connectivity index (χ0n) is 15.3. The lowest BCUT2D eigenvalue weighted by Gasteiger charge is -2.19. The molecule has 28 heavy (non-hydrogen) atoms. The Morgan fingerprint density at radius 2 is 2.04 bits per heavy atom. The van der Waals surface area contributed by atoms with Crippen LogP contribution in [0.5, 0.6) is 5.75 Å². The Kier molecular flexibility index (Phi) is 4.60. The molecule has 1 N–H and O–H groups in total. The van der Waals surface area contributed by atoms with Crippen molar-refractivity contribution in [3.05, 3.63) is 53.0 Å². The molecule has 0 bridgehead atoms. The third-order valence-electron chi connectivity index (χ3n) is 4.70. The number of rotatable bonds is 5. The average molecular weight is 381 g/mol. The van der Waals surface area contributed by atoms with E-state index in [2.05, 4.69) is 5.32 Å². The number of carbonyl (C=O) groups excluding carboxylic acids is 2. The van der Waals surface area contributed by atoms with Crippen molar-refractivity contribution in [3.8, 4) is 5.75 Å². The van der Waals surface area contributed by atoms with E-state index in [-0.39, 0.29) is 18.4 Å². The van der Waals surface area contributed by atoms with Crippen LogP contribution in [-0.4, -0.2) is 30.0 Å². The summed E-state index contributed by atoms with van der Waals surface area (Å²) in [6, 6.07) is 12.0. The first-order valence-corrected chi connectivity index (χ1v) is 8.93. The van der Waals surface area contributed by atoms with Crippen molar-refractivity contribution in [2.75, 3.05) is 23.9 Å². The zero-order valence-corrected chi connectivity index (χ0v) is 15.3. The SMILES string of the molecule is COc1cc(NC(=O)Cn2c(=O)oc3ccccc32)ccc1N1CCCC1=O. The fraction of sp³-hybridized carbons (Fsp3) is 0.250. The van der Waals surface area contributed by atoms with Gasteiger partial charge in [-0.15, -0.1) is 0 Å². The Labute approximate surface area is 160 Å². The molecule has 1 aromatic heterocycles. The fourth-order valence-electron chi connectivity index (χ4n) is 3.39. The number of nitrogens with zero attached hydrogens (tertiary/aromatic N) is 2. The van der Waals surface area contributed by atoms with Gasteiger partial charge in [0.2, 0.25) is 11.8 Å². The summed E-state index contributed by atoms with van der Waals surface area (Å²) in [5, 5.41) is 2.75. The molecule has 1 saturated heterocycles. The topological polar surface area (TPSA) is 93.8 Å². The van der Waals surface area contributed by atoms with Gasteiger partial charge < -0.3 is 19.4 Å². The molecule has 8 heteroatoms. The molecule has 0 aliphatic carbocycles. The van der Waals surface area contributed by atoms with Gasteiger partial charge in [0.15, 0.2) is 5.58 Å². The van der Waals surface area contributed by atoms with Gasteiger partial charge in [-0.25, -0.2) is 4.79 Å². The first-order chi connectivity index (χ1) is 13.6. The summed E-state index contributed by atoms with van der Waals surface area (Å²) in [7, 11) is 1.52. The van der Waals surface area contributed by atoms with Crippen molar-refractivity contribution in [1.29, 1.82) is 0 Å². The smallest absolute Gasteiger partial charge is 0.420 e. The molecule has 0 saturated carbocycles. The molecule has 0 unspecified atom stereocenters. The summed E-state index contributed by atoms with van der Waals surface area (Å²) in [6.07, 6.45) is 1.34. The quantitative estimate of drug-likeness (QED) is 0.732. The van der Waals surface area contributed by atoms with Gasteiger partial charge >= 0.3 is 5.76 Å². The van der Waals surface area contributed by atoms with Crippen LogP contribution >= 0.6 is 0 Å². The van der Waals surface area contributed by atoms with Gasteiger partial charge in [0, 0.05) is 24.7 Å². The average Bonchev–Trinajstić information content (AvgIpc) is 3.25. The molecule has 2 aromatic carbocycles. The van der Waals surface area contributed by atoms with Crippen LogP contribution in [0.4, 0.5) is 11.4 Å². The molecule has 2 heterocycles. The number of benzene rings is 2. The van der Waals surface area contributed by atoms with Crippen LogP contribution in [0.3, 0.4) is 0 Å². The maximum absolute atomic E-state index is 12.5. The maximum atomic E-state index is 12.5. The highest BCUT2D eigenvalue weighted by Gasteiger charge is 2.24. The maximum Gasteiger partial charge on any atom is 0.420 e. The summed E-state index contributed by atoms with van der Waals surface area (Å²) in [6.45, 7) is 0.474. The van der Waals surface area contributed by atoms with Gasteiger partial charge in [0.1, 0.15) is 12.3 Å². The molecule has 144 valence electrons. The standard InChI is InChI=1S/C20H19N3O5/c1-27-17-11-13(8-9-15(17)22-10-4-7-19(22)25)21-18(24)12-23-14-5-2-3-6-16(14)28-20(23)26/h2-3,5-6,8-9,11H,4,7,10,12H2,1H3,(H,21,24). The van der Waals surface area contributed by atoms with Crippen LogP contribution < -0.4 is 20.7 Å². The van der Waals surface area contributed by atoms with E-state index in [9.17, 15) is 14.4 Å². The lowest BCUT2D eigenvalue weighted by molar-refractivity contribution is -0.117. The highest BCUT2D eigenvalue weighted by atomic mass is 16.5. The molecule has 1 aliphatic heterocycles. The lowest BCUT2D eigenvalue weighted by Crippen LogP contribution is -2.25. The summed E-state index contributed by atoms with van der Waals surface area (Å²) < 4.78 is 11.8. The molecule has 2 amide bonds. The molecule has 3 aromatic rings. The van der Waals surface area contributed by atoms with Crippen LogP contribution in [0.1, 0.15) is 12.8 Å². The second-order valence-corrected chi connectivity index (χ2v) is 6.51. The van der Waals surface area contributed by atoms with Crippen molar-refractivity contribution in [2.45, 2.75) is 19.4 Å². The normalized spacial score (nSPS) is 13.9. The van der Waals surface area contributed by atoms with Crippen molar-refractivity contribution in [2.24, 2.45) is 0 Å². The predicted octanol–water partition coefficient (Wildman–Crippen LogP) is 2.37. The Hall–Kier alpha value is -3.55. The Morgan fingerprint density at radius 3 is 2.79 bits per heavy atom. The number of anilines is 2. The highest BCUT2D eigenvalue weighted by Crippen LogP contribution is 2.33. The van der Waals surface area contributed by atoms with Crippen LogP contribution in [0.15, 0.2) is 51.7 Å². The fourth-order valence-corrected chi connectivity index (χ4v) is 3.39. The Morgan fingerprint density at radius 1 is 1.21 bits per heavy atom. The van der Waals surface area contributed by atoms with Crippen molar-refractivity contribution in [3.63, 3.8) is 0 Å². The first kappa shape index (κ1) is 17.8. The Bertz CT molecular complexity index is 1110. The van der Waals surface area contributed by atoms with Crippen LogP contribution in [0.2, 0.25) is 0 Å². The number of oxazole rings is 1. The number of aromatic nitrogens is 1. The van der Waals surface area contributed by atoms with Crippen molar-refractivity contribution in [1.82, 2.24) is 4.57 Å².